The van der Waals surface area contributed by atoms with Crippen molar-refractivity contribution in [3.05, 3.63) is 29.6 Å². The minimum atomic E-state index is -4.86. The molecule has 0 fully saturated rings. The first kappa shape index (κ1) is 13.8. The summed E-state index contributed by atoms with van der Waals surface area (Å²) in [7, 11) is 0. The van der Waals surface area contributed by atoms with Gasteiger partial charge in [0.2, 0.25) is 0 Å². The van der Waals surface area contributed by atoms with Gasteiger partial charge in [0, 0.05) is 0 Å². The Hall–Kier alpha value is -1.26. The van der Waals surface area contributed by atoms with Gasteiger partial charge in [0.25, 0.3) is 0 Å². The molecule has 1 aromatic carbocycles. The summed E-state index contributed by atoms with van der Waals surface area (Å²) in [4.78, 5) is 0. The lowest BCUT2D eigenvalue weighted by molar-refractivity contribution is -0.275. The van der Waals surface area contributed by atoms with Gasteiger partial charge in [-0.05, 0) is 30.0 Å². The van der Waals surface area contributed by atoms with Crippen molar-refractivity contribution in [3.8, 4) is 5.75 Å². The van der Waals surface area contributed by atoms with E-state index in [1.165, 1.54) is 6.07 Å². The molecule has 1 unspecified atom stereocenters. The van der Waals surface area contributed by atoms with Crippen molar-refractivity contribution in [3.63, 3.8) is 0 Å². The van der Waals surface area contributed by atoms with Gasteiger partial charge in [-0.3, -0.25) is 0 Å². The molecular formula is C12H14F4O. The second-order valence-electron chi connectivity index (χ2n) is 4.03. The Morgan fingerprint density at radius 3 is 2.41 bits per heavy atom. The Morgan fingerprint density at radius 1 is 1.29 bits per heavy atom. The molecule has 0 aliphatic carbocycles. The van der Waals surface area contributed by atoms with Crippen molar-refractivity contribution in [1.82, 2.24) is 0 Å². The van der Waals surface area contributed by atoms with Crippen molar-refractivity contribution in [2.75, 3.05) is 0 Å². The van der Waals surface area contributed by atoms with Crippen molar-refractivity contribution in [1.29, 1.82) is 0 Å². The summed E-state index contributed by atoms with van der Waals surface area (Å²) in [5.41, 5.74) is 0.673. The van der Waals surface area contributed by atoms with Crippen LogP contribution in [0.15, 0.2) is 18.2 Å². The van der Waals surface area contributed by atoms with E-state index in [1.54, 1.807) is 0 Å². The molecule has 5 heteroatoms. The van der Waals surface area contributed by atoms with Crippen LogP contribution in [0, 0.1) is 11.7 Å². The summed E-state index contributed by atoms with van der Waals surface area (Å²) in [6.45, 7) is 4.00. The van der Waals surface area contributed by atoms with Gasteiger partial charge in [-0.1, -0.05) is 26.3 Å². The van der Waals surface area contributed by atoms with Gasteiger partial charge in [-0.2, -0.15) is 0 Å². The summed E-state index contributed by atoms with van der Waals surface area (Å²) < 4.78 is 52.5. The molecule has 0 bridgehead atoms. The molecule has 0 aliphatic rings. The molecule has 0 saturated carbocycles. The Morgan fingerprint density at radius 2 is 1.94 bits per heavy atom. The zero-order chi connectivity index (χ0) is 13.1. The normalized spacial score (nSPS) is 13.5. The number of halogens is 4. The summed E-state index contributed by atoms with van der Waals surface area (Å²) in [5, 5.41) is 0. The zero-order valence-corrected chi connectivity index (χ0v) is 9.64. The molecule has 1 aromatic rings. The highest BCUT2D eigenvalue weighted by atomic mass is 19.4. The van der Waals surface area contributed by atoms with Crippen LogP contribution in [-0.2, 0) is 6.42 Å². The third-order valence-electron chi connectivity index (χ3n) is 2.50. The van der Waals surface area contributed by atoms with Crippen LogP contribution >= 0.6 is 0 Å². The fourth-order valence-electron chi connectivity index (χ4n) is 1.43. The van der Waals surface area contributed by atoms with Crippen LogP contribution in [0.1, 0.15) is 25.8 Å². The summed E-state index contributed by atoms with van der Waals surface area (Å²) in [5.74, 6) is -1.41. The zero-order valence-electron chi connectivity index (χ0n) is 9.64. The second-order valence-corrected chi connectivity index (χ2v) is 4.03. The lowest BCUT2D eigenvalue weighted by Crippen LogP contribution is -2.18. The molecule has 0 radical (unpaired) electrons. The highest BCUT2D eigenvalue weighted by Crippen LogP contribution is 2.26. The molecule has 0 N–H and O–H groups in total. The maximum atomic E-state index is 13.3. The van der Waals surface area contributed by atoms with Crippen LogP contribution in [0.25, 0.3) is 0 Å². The summed E-state index contributed by atoms with van der Waals surface area (Å²) in [6.07, 6.45) is -3.29. The minimum Gasteiger partial charge on any atom is -0.403 e. The average Bonchev–Trinajstić information content (AvgIpc) is 2.20. The Labute approximate surface area is 97.4 Å². The van der Waals surface area contributed by atoms with E-state index < -0.39 is 17.9 Å². The van der Waals surface area contributed by atoms with E-state index >= 15 is 0 Å². The maximum absolute atomic E-state index is 13.3. The van der Waals surface area contributed by atoms with E-state index in [0.29, 0.717) is 17.9 Å². The Kier molecular flexibility index (Phi) is 4.37. The van der Waals surface area contributed by atoms with Crippen molar-refractivity contribution < 1.29 is 22.3 Å². The average molecular weight is 250 g/mol. The molecule has 0 heterocycles. The second kappa shape index (κ2) is 5.38. The maximum Gasteiger partial charge on any atom is 0.573 e. The molecule has 0 aromatic heterocycles. The van der Waals surface area contributed by atoms with Crippen molar-refractivity contribution >= 4 is 0 Å². The monoisotopic (exact) mass is 250 g/mol. The van der Waals surface area contributed by atoms with Gasteiger partial charge in [0.05, 0.1) is 0 Å². The van der Waals surface area contributed by atoms with Gasteiger partial charge in [0.1, 0.15) is 0 Å². The number of alkyl halides is 3. The fourth-order valence-corrected chi connectivity index (χ4v) is 1.43. The standard InChI is InChI=1S/C12H14F4O/c1-3-8(2)6-9-4-5-11(10(13)7-9)17-12(14,15)16/h4-5,7-8H,3,6H2,1-2H3. The fraction of sp³-hybridized carbons (Fsp3) is 0.500. The van der Waals surface area contributed by atoms with Gasteiger partial charge >= 0.3 is 6.36 Å². The van der Waals surface area contributed by atoms with E-state index in [9.17, 15) is 17.6 Å². The number of ether oxygens (including phenoxy) is 1. The first-order valence-corrected chi connectivity index (χ1v) is 5.36. The molecule has 1 rings (SSSR count). The van der Waals surface area contributed by atoms with Gasteiger partial charge in [-0.15, -0.1) is 13.2 Å². The lowest BCUT2D eigenvalue weighted by Gasteiger charge is -2.12. The molecule has 1 atom stereocenters. The summed E-state index contributed by atoms with van der Waals surface area (Å²) in [6, 6.07) is 3.56. The van der Waals surface area contributed by atoms with E-state index in [0.717, 1.165) is 18.6 Å². The van der Waals surface area contributed by atoms with Gasteiger partial charge in [-0.25, -0.2) is 4.39 Å². The summed E-state index contributed by atoms with van der Waals surface area (Å²) >= 11 is 0. The third-order valence-corrected chi connectivity index (χ3v) is 2.50. The number of benzene rings is 1. The van der Waals surface area contributed by atoms with Crippen molar-refractivity contribution in [2.45, 2.75) is 33.1 Å². The Bertz CT molecular complexity index is 373. The molecule has 0 saturated heterocycles. The SMILES string of the molecule is CCC(C)Cc1ccc(OC(F)(F)F)c(F)c1. The first-order chi connectivity index (χ1) is 7.81. The topological polar surface area (TPSA) is 9.23 Å². The van der Waals surface area contributed by atoms with E-state index in [1.807, 2.05) is 13.8 Å². The number of rotatable bonds is 4. The number of hydrogen-bond acceptors (Lipinski definition) is 1. The highest BCUT2D eigenvalue weighted by Gasteiger charge is 2.32. The smallest absolute Gasteiger partial charge is 0.403 e. The largest absolute Gasteiger partial charge is 0.573 e. The molecule has 17 heavy (non-hydrogen) atoms. The predicted molar refractivity (Wildman–Crippen MR) is 56.2 cm³/mol. The third kappa shape index (κ3) is 4.63. The van der Waals surface area contributed by atoms with E-state index in [2.05, 4.69) is 4.74 Å². The predicted octanol–water partition coefficient (Wildman–Crippen LogP) is 4.31. The minimum absolute atomic E-state index is 0.365. The molecular weight excluding hydrogens is 236 g/mol. The van der Waals surface area contributed by atoms with Crippen molar-refractivity contribution in [2.24, 2.45) is 5.92 Å². The highest BCUT2D eigenvalue weighted by molar-refractivity contribution is 5.29. The molecule has 0 spiro atoms. The molecule has 0 aliphatic heterocycles. The molecule has 0 amide bonds. The van der Waals surface area contributed by atoms with Crippen LogP contribution in [-0.4, -0.2) is 6.36 Å². The lowest BCUT2D eigenvalue weighted by atomic mass is 9.99. The quantitative estimate of drug-likeness (QED) is 0.723. The van der Waals surface area contributed by atoms with Crippen LogP contribution in [0.5, 0.6) is 5.75 Å². The molecule has 96 valence electrons. The van der Waals surface area contributed by atoms with Crippen LogP contribution in [0.2, 0.25) is 0 Å². The van der Waals surface area contributed by atoms with Gasteiger partial charge in [0.15, 0.2) is 11.6 Å². The molecule has 1 nitrogen and oxygen atoms in total. The van der Waals surface area contributed by atoms with E-state index in [-0.39, 0.29) is 0 Å². The van der Waals surface area contributed by atoms with Crippen LogP contribution < -0.4 is 4.74 Å². The number of hydrogen-bond donors (Lipinski definition) is 0. The van der Waals surface area contributed by atoms with Crippen LogP contribution in [0.4, 0.5) is 17.6 Å². The van der Waals surface area contributed by atoms with Gasteiger partial charge < -0.3 is 4.74 Å². The van der Waals surface area contributed by atoms with Crippen LogP contribution in [0.3, 0.4) is 0 Å². The van der Waals surface area contributed by atoms with E-state index in [4.69, 9.17) is 0 Å². The first-order valence-electron chi connectivity index (χ1n) is 5.36. The Balaban J connectivity index is 2.79.